The number of ketones is 1. The third-order valence-electron chi connectivity index (χ3n) is 3.52. The second-order valence-electron chi connectivity index (χ2n) is 5.29. The lowest BCUT2D eigenvalue weighted by molar-refractivity contribution is -0.123. The fourth-order valence-electron chi connectivity index (χ4n) is 2.24. The summed E-state index contributed by atoms with van der Waals surface area (Å²) in [6.07, 6.45) is 0. The van der Waals surface area contributed by atoms with Crippen LogP contribution in [0.15, 0.2) is 53.9 Å². The summed E-state index contributed by atoms with van der Waals surface area (Å²) in [5, 5.41) is 4.67. The Labute approximate surface area is 159 Å². The van der Waals surface area contributed by atoms with Crippen molar-refractivity contribution in [3.8, 4) is 11.5 Å². The average molecular weight is 387 g/mol. The summed E-state index contributed by atoms with van der Waals surface area (Å²) >= 11 is 2.80. The Morgan fingerprint density at radius 1 is 1.00 bits per heavy atom. The third kappa shape index (κ3) is 4.50. The Balaban J connectivity index is 1.50. The summed E-state index contributed by atoms with van der Waals surface area (Å²) in [4.78, 5) is 26.6. The topological polar surface area (TPSA) is 64.6 Å². The van der Waals surface area contributed by atoms with Gasteiger partial charge >= 0.3 is 0 Å². The van der Waals surface area contributed by atoms with Gasteiger partial charge in [-0.15, -0.1) is 22.7 Å². The van der Waals surface area contributed by atoms with E-state index in [4.69, 9.17) is 9.47 Å². The smallest absolute Gasteiger partial charge is 0.258 e. The van der Waals surface area contributed by atoms with Crippen LogP contribution in [-0.2, 0) is 11.3 Å². The average Bonchev–Trinajstić information content (AvgIpc) is 3.36. The van der Waals surface area contributed by atoms with Crippen molar-refractivity contribution < 1.29 is 19.1 Å². The molecule has 3 rings (SSSR count). The van der Waals surface area contributed by atoms with Crippen molar-refractivity contribution in [3.63, 3.8) is 0 Å². The molecule has 134 valence electrons. The maximum absolute atomic E-state index is 12.3. The number of para-hydroxylation sites is 2. The highest BCUT2D eigenvalue weighted by Gasteiger charge is 2.13. The third-order valence-corrected chi connectivity index (χ3v) is 5.47. The molecule has 0 spiro atoms. The molecule has 1 amide bonds. The first-order valence-electron chi connectivity index (χ1n) is 7.87. The van der Waals surface area contributed by atoms with Gasteiger partial charge in [-0.1, -0.05) is 18.2 Å². The van der Waals surface area contributed by atoms with E-state index >= 15 is 0 Å². The minimum atomic E-state index is -0.240. The molecule has 7 heteroatoms. The Morgan fingerprint density at radius 3 is 2.54 bits per heavy atom. The van der Waals surface area contributed by atoms with Crippen LogP contribution < -0.4 is 14.8 Å². The molecule has 3 aromatic rings. The molecule has 0 atom stereocenters. The molecular weight excluding hydrogens is 370 g/mol. The standard InChI is InChI=1S/C19H17NO4S2/c1-23-14-5-2-3-6-15(14)24-12-18(21)20-11-13-8-9-17(26-13)19(22)16-7-4-10-25-16/h2-10H,11-12H2,1H3,(H,20,21). The Bertz CT molecular complexity index is 887. The number of benzene rings is 1. The predicted molar refractivity (Wildman–Crippen MR) is 102 cm³/mol. The van der Waals surface area contributed by atoms with Crippen molar-refractivity contribution in [2.24, 2.45) is 0 Å². The van der Waals surface area contributed by atoms with Crippen molar-refractivity contribution in [2.75, 3.05) is 13.7 Å². The number of hydrogen-bond donors (Lipinski definition) is 1. The van der Waals surface area contributed by atoms with E-state index in [9.17, 15) is 9.59 Å². The van der Waals surface area contributed by atoms with Gasteiger partial charge in [0.25, 0.3) is 5.91 Å². The van der Waals surface area contributed by atoms with Gasteiger partial charge < -0.3 is 14.8 Å². The van der Waals surface area contributed by atoms with Crippen LogP contribution in [0.25, 0.3) is 0 Å². The van der Waals surface area contributed by atoms with E-state index in [0.717, 1.165) is 4.88 Å². The summed E-state index contributed by atoms with van der Waals surface area (Å²) in [5.41, 5.74) is 0. The molecule has 2 heterocycles. The maximum Gasteiger partial charge on any atom is 0.258 e. The lowest BCUT2D eigenvalue weighted by Gasteiger charge is -2.10. The second kappa shape index (κ2) is 8.64. The Kier molecular flexibility index (Phi) is 6.04. The van der Waals surface area contributed by atoms with Crippen molar-refractivity contribution in [2.45, 2.75) is 6.54 Å². The largest absolute Gasteiger partial charge is 0.493 e. The molecular formula is C19H17NO4S2. The molecule has 0 saturated carbocycles. The molecule has 2 aromatic heterocycles. The van der Waals surface area contributed by atoms with Gasteiger partial charge in [0.05, 0.1) is 23.4 Å². The maximum atomic E-state index is 12.3. The quantitative estimate of drug-likeness (QED) is 0.598. The van der Waals surface area contributed by atoms with Gasteiger partial charge in [-0.3, -0.25) is 9.59 Å². The minimum Gasteiger partial charge on any atom is -0.493 e. The molecule has 1 aromatic carbocycles. The van der Waals surface area contributed by atoms with Gasteiger partial charge in [0.15, 0.2) is 18.1 Å². The van der Waals surface area contributed by atoms with Crippen LogP contribution in [-0.4, -0.2) is 25.4 Å². The fourth-order valence-corrected chi connectivity index (χ4v) is 3.89. The first-order valence-corrected chi connectivity index (χ1v) is 9.56. The molecule has 26 heavy (non-hydrogen) atoms. The predicted octanol–water partition coefficient (Wildman–Crippen LogP) is 3.74. The van der Waals surface area contributed by atoms with E-state index in [1.165, 1.54) is 22.7 Å². The summed E-state index contributed by atoms with van der Waals surface area (Å²) in [6, 6.07) is 14.5. The van der Waals surface area contributed by atoms with E-state index in [2.05, 4.69) is 5.32 Å². The molecule has 0 aliphatic heterocycles. The number of amides is 1. The van der Waals surface area contributed by atoms with Gasteiger partial charge in [-0.05, 0) is 35.7 Å². The highest BCUT2D eigenvalue weighted by atomic mass is 32.1. The van der Waals surface area contributed by atoms with Crippen LogP contribution in [0.3, 0.4) is 0 Å². The zero-order chi connectivity index (χ0) is 18.4. The van der Waals surface area contributed by atoms with Crippen LogP contribution in [0, 0.1) is 0 Å². The van der Waals surface area contributed by atoms with Crippen molar-refractivity contribution in [1.82, 2.24) is 5.32 Å². The molecule has 0 aliphatic rings. The van der Waals surface area contributed by atoms with Crippen LogP contribution in [0.2, 0.25) is 0 Å². The van der Waals surface area contributed by atoms with Crippen molar-refractivity contribution in [1.29, 1.82) is 0 Å². The van der Waals surface area contributed by atoms with Crippen LogP contribution in [0.1, 0.15) is 19.4 Å². The lowest BCUT2D eigenvalue weighted by Crippen LogP contribution is -2.28. The molecule has 0 bridgehead atoms. The molecule has 0 saturated heterocycles. The van der Waals surface area contributed by atoms with Crippen molar-refractivity contribution in [3.05, 3.63) is 68.5 Å². The number of carbonyl (C=O) groups excluding carboxylic acids is 2. The van der Waals surface area contributed by atoms with Crippen LogP contribution in [0.4, 0.5) is 0 Å². The number of ether oxygens (including phenoxy) is 2. The number of thiophene rings is 2. The van der Waals surface area contributed by atoms with Crippen molar-refractivity contribution >= 4 is 34.4 Å². The summed E-state index contributed by atoms with van der Waals surface area (Å²) in [6.45, 7) is 0.253. The number of nitrogens with one attached hydrogen (secondary N) is 1. The normalized spacial score (nSPS) is 10.3. The Morgan fingerprint density at radius 2 is 1.81 bits per heavy atom. The van der Waals surface area contributed by atoms with Gasteiger partial charge in [0.1, 0.15) is 0 Å². The first-order chi connectivity index (χ1) is 12.7. The first kappa shape index (κ1) is 18.2. The monoisotopic (exact) mass is 387 g/mol. The summed E-state index contributed by atoms with van der Waals surface area (Å²) in [5.74, 6) is 0.873. The van der Waals surface area contributed by atoms with Crippen LogP contribution >= 0.6 is 22.7 Å². The van der Waals surface area contributed by atoms with Crippen LogP contribution in [0.5, 0.6) is 11.5 Å². The van der Waals surface area contributed by atoms with Gasteiger partial charge in [-0.25, -0.2) is 0 Å². The zero-order valence-corrected chi connectivity index (χ0v) is 15.7. The molecule has 0 aliphatic carbocycles. The second-order valence-corrected chi connectivity index (χ2v) is 7.40. The highest BCUT2D eigenvalue weighted by molar-refractivity contribution is 7.16. The summed E-state index contributed by atoms with van der Waals surface area (Å²) < 4.78 is 10.7. The number of methoxy groups -OCH3 is 1. The zero-order valence-electron chi connectivity index (χ0n) is 14.1. The highest BCUT2D eigenvalue weighted by Crippen LogP contribution is 2.25. The van der Waals surface area contributed by atoms with E-state index in [1.54, 1.807) is 25.3 Å². The van der Waals surface area contributed by atoms with E-state index in [1.807, 2.05) is 35.7 Å². The molecule has 0 fully saturated rings. The molecule has 5 nitrogen and oxygen atoms in total. The molecule has 0 radical (unpaired) electrons. The van der Waals surface area contributed by atoms with E-state index in [0.29, 0.717) is 27.8 Å². The number of carbonyl (C=O) groups is 2. The van der Waals surface area contributed by atoms with E-state index < -0.39 is 0 Å². The fraction of sp³-hybridized carbons (Fsp3) is 0.158. The number of rotatable bonds is 8. The lowest BCUT2D eigenvalue weighted by atomic mass is 10.3. The van der Waals surface area contributed by atoms with Gasteiger partial charge in [0, 0.05) is 4.88 Å². The summed E-state index contributed by atoms with van der Waals surface area (Å²) in [7, 11) is 1.55. The van der Waals surface area contributed by atoms with E-state index in [-0.39, 0.29) is 18.3 Å². The minimum absolute atomic E-state index is 0.0158. The SMILES string of the molecule is COc1ccccc1OCC(=O)NCc1ccc(C(=O)c2cccs2)s1. The van der Waals surface area contributed by atoms with Gasteiger partial charge in [0.2, 0.25) is 5.78 Å². The molecule has 0 unspecified atom stereocenters. The van der Waals surface area contributed by atoms with Gasteiger partial charge in [-0.2, -0.15) is 0 Å². The molecule has 1 N–H and O–H groups in total. The Hall–Kier alpha value is -2.64. The number of hydrogen-bond acceptors (Lipinski definition) is 6.